The van der Waals surface area contributed by atoms with Gasteiger partial charge in [-0.05, 0) is 24.6 Å². The summed E-state index contributed by atoms with van der Waals surface area (Å²) in [5.74, 6) is 5.45. The van der Waals surface area contributed by atoms with Crippen molar-refractivity contribution in [2.45, 2.75) is 20.8 Å². The van der Waals surface area contributed by atoms with Crippen LogP contribution in [-0.4, -0.2) is 9.66 Å². The van der Waals surface area contributed by atoms with Gasteiger partial charge in [-0.2, -0.15) is 0 Å². The number of nitrogens with two attached hydrogens (primary N) is 1. The number of nitrogens with zero attached hydrogens (tertiary/aromatic N) is 1. The summed E-state index contributed by atoms with van der Waals surface area (Å²) in [6.07, 6.45) is 0. The van der Waals surface area contributed by atoms with Crippen molar-refractivity contribution in [1.82, 2.24) is 9.66 Å². The predicted octanol–water partition coefficient (Wildman–Crippen LogP) is 2.11. The Kier molecular flexibility index (Phi) is 3.84. The first-order valence-corrected chi connectivity index (χ1v) is 5.51. The van der Waals surface area contributed by atoms with Gasteiger partial charge < -0.3 is 10.8 Å². The van der Waals surface area contributed by atoms with E-state index in [2.05, 4.69) is 4.98 Å². The lowest BCUT2D eigenvalue weighted by molar-refractivity contribution is 0.879. The highest BCUT2D eigenvalue weighted by Gasteiger charge is 2.01. The van der Waals surface area contributed by atoms with Crippen molar-refractivity contribution in [1.29, 1.82) is 0 Å². The Morgan fingerprint density at radius 3 is 2.62 bits per heavy atom. The van der Waals surface area contributed by atoms with E-state index in [0.717, 1.165) is 21.1 Å². The third kappa shape index (κ3) is 2.14. The number of hydrogen-bond acceptors (Lipinski definition) is 3. The van der Waals surface area contributed by atoms with Crippen LogP contribution in [0.2, 0.25) is 0 Å². The minimum Gasteiger partial charge on any atom is -0.334 e. The molecule has 5 heteroatoms. The molecule has 0 atom stereocenters. The highest BCUT2D eigenvalue weighted by molar-refractivity contribution is 7.71. The first-order valence-electron chi connectivity index (χ1n) is 5.10. The van der Waals surface area contributed by atoms with Crippen LogP contribution in [0.25, 0.3) is 10.9 Å². The van der Waals surface area contributed by atoms with Crippen molar-refractivity contribution >= 4 is 23.1 Å². The van der Waals surface area contributed by atoms with Gasteiger partial charge in [0.05, 0.1) is 5.52 Å². The van der Waals surface area contributed by atoms with Crippen LogP contribution < -0.4 is 11.5 Å². The summed E-state index contributed by atoms with van der Waals surface area (Å²) in [5, 5.41) is 0.785. The second-order valence-electron chi connectivity index (χ2n) is 3.15. The number of aromatic nitrogens is 2. The Balaban J connectivity index is 0.000000606. The van der Waals surface area contributed by atoms with Crippen molar-refractivity contribution in [3.05, 3.63) is 38.9 Å². The van der Waals surface area contributed by atoms with E-state index >= 15 is 0 Å². The van der Waals surface area contributed by atoms with E-state index in [1.807, 2.05) is 39.0 Å². The second-order valence-corrected chi connectivity index (χ2v) is 3.54. The number of hydrogen-bond donors (Lipinski definition) is 2. The van der Waals surface area contributed by atoms with Gasteiger partial charge in [0.25, 0.3) is 0 Å². The summed E-state index contributed by atoms with van der Waals surface area (Å²) in [4.78, 5) is 13.9. The standard InChI is InChI=1S/C9H9N3OS.C2H6/c1-5-2-3-6-7(4-5)11-9(13)12(10)8(6)14;1-2/h2-4H,10H2,1H3,(H,11,13);1-2H3. The lowest BCUT2D eigenvalue weighted by Crippen LogP contribution is -2.29. The number of H-pyrrole nitrogens is 1. The van der Waals surface area contributed by atoms with Gasteiger partial charge in [-0.15, -0.1) is 0 Å². The van der Waals surface area contributed by atoms with E-state index in [1.54, 1.807) is 0 Å². The molecule has 2 rings (SSSR count). The minimum absolute atomic E-state index is 0.351. The van der Waals surface area contributed by atoms with E-state index < -0.39 is 5.69 Å². The zero-order valence-corrected chi connectivity index (χ0v) is 10.4. The molecule has 0 saturated carbocycles. The van der Waals surface area contributed by atoms with Gasteiger partial charge in [0, 0.05) is 5.39 Å². The number of nitrogen functional groups attached to an aromatic ring is 1. The predicted molar refractivity (Wildman–Crippen MR) is 69.6 cm³/mol. The molecule has 0 unspecified atom stereocenters. The molecule has 0 bridgehead atoms. The van der Waals surface area contributed by atoms with Gasteiger partial charge in [-0.25, -0.2) is 9.47 Å². The summed E-state index contributed by atoms with van der Waals surface area (Å²) >= 11 is 5.04. The number of rotatable bonds is 0. The molecule has 2 aromatic rings. The van der Waals surface area contributed by atoms with E-state index in [4.69, 9.17) is 18.1 Å². The maximum atomic E-state index is 11.3. The molecule has 0 aliphatic carbocycles. The first-order chi connectivity index (χ1) is 7.59. The lowest BCUT2D eigenvalue weighted by atomic mass is 10.2. The van der Waals surface area contributed by atoms with Crippen molar-refractivity contribution in [3.63, 3.8) is 0 Å². The van der Waals surface area contributed by atoms with E-state index in [9.17, 15) is 4.79 Å². The quantitative estimate of drug-likeness (QED) is 0.545. The van der Waals surface area contributed by atoms with Crippen molar-refractivity contribution in [2.24, 2.45) is 0 Å². The average Bonchev–Trinajstić information content (AvgIpc) is 2.28. The fraction of sp³-hybridized carbons (Fsp3) is 0.273. The minimum atomic E-state index is -0.395. The summed E-state index contributed by atoms with van der Waals surface area (Å²) in [6.45, 7) is 5.95. The van der Waals surface area contributed by atoms with Crippen molar-refractivity contribution in [3.8, 4) is 0 Å². The van der Waals surface area contributed by atoms with Crippen LogP contribution in [0, 0.1) is 11.6 Å². The van der Waals surface area contributed by atoms with Gasteiger partial charge in [0.15, 0.2) is 0 Å². The monoisotopic (exact) mass is 237 g/mol. The highest BCUT2D eigenvalue weighted by atomic mass is 32.1. The molecule has 1 heterocycles. The van der Waals surface area contributed by atoms with Crippen LogP contribution in [0.4, 0.5) is 0 Å². The number of aromatic amines is 1. The molecule has 86 valence electrons. The molecule has 0 amide bonds. The third-order valence-corrected chi connectivity index (χ3v) is 2.50. The van der Waals surface area contributed by atoms with E-state index in [-0.39, 0.29) is 0 Å². The molecule has 0 fully saturated rings. The highest BCUT2D eigenvalue weighted by Crippen LogP contribution is 2.12. The SMILES string of the molecule is CC.Cc1ccc2c(=S)n(N)c(=O)[nH]c2c1. The van der Waals surface area contributed by atoms with E-state index in [0.29, 0.717) is 4.64 Å². The topological polar surface area (TPSA) is 63.8 Å². The van der Waals surface area contributed by atoms with Crippen molar-refractivity contribution in [2.75, 3.05) is 5.84 Å². The summed E-state index contributed by atoms with van der Waals surface area (Å²) in [5.41, 5.74) is 1.40. The van der Waals surface area contributed by atoms with Crippen molar-refractivity contribution < 1.29 is 0 Å². The van der Waals surface area contributed by atoms with Gasteiger partial charge in [0.1, 0.15) is 4.64 Å². The Bertz CT molecular complexity index is 613. The maximum Gasteiger partial charge on any atom is 0.345 e. The third-order valence-electron chi connectivity index (χ3n) is 2.08. The molecular formula is C11H15N3OS. The van der Waals surface area contributed by atoms with Gasteiger partial charge in [-0.1, -0.05) is 32.1 Å². The molecule has 1 aromatic heterocycles. The molecular weight excluding hydrogens is 222 g/mol. The van der Waals surface area contributed by atoms with Crippen LogP contribution in [0.15, 0.2) is 23.0 Å². The fourth-order valence-corrected chi connectivity index (χ4v) is 1.61. The normalized spacial score (nSPS) is 9.69. The molecule has 16 heavy (non-hydrogen) atoms. The largest absolute Gasteiger partial charge is 0.345 e. The lowest BCUT2D eigenvalue weighted by Gasteiger charge is -2.02. The Morgan fingerprint density at radius 2 is 2.00 bits per heavy atom. The Morgan fingerprint density at radius 1 is 1.38 bits per heavy atom. The summed E-state index contributed by atoms with van der Waals surface area (Å²) in [7, 11) is 0. The van der Waals surface area contributed by atoms with Gasteiger partial charge >= 0.3 is 5.69 Å². The van der Waals surface area contributed by atoms with Gasteiger partial charge in [-0.3, -0.25) is 0 Å². The molecule has 0 spiro atoms. The number of fused-ring (bicyclic) bond motifs is 1. The summed E-state index contributed by atoms with van der Waals surface area (Å²) < 4.78 is 1.29. The molecule has 0 aliphatic rings. The first kappa shape index (κ1) is 12.4. The number of aryl methyl sites for hydroxylation is 1. The second kappa shape index (κ2) is 4.94. The molecule has 4 nitrogen and oxygen atoms in total. The Hall–Kier alpha value is -1.62. The molecule has 1 aromatic carbocycles. The number of nitrogens with one attached hydrogen (secondary N) is 1. The molecule has 3 N–H and O–H groups in total. The molecule has 0 saturated heterocycles. The van der Waals surface area contributed by atoms with Crippen LogP contribution in [0.1, 0.15) is 19.4 Å². The maximum absolute atomic E-state index is 11.3. The molecule has 0 radical (unpaired) electrons. The summed E-state index contributed by atoms with van der Waals surface area (Å²) in [6, 6.07) is 5.65. The zero-order chi connectivity index (χ0) is 12.3. The van der Waals surface area contributed by atoms with E-state index in [1.165, 1.54) is 0 Å². The van der Waals surface area contributed by atoms with Crippen LogP contribution in [-0.2, 0) is 0 Å². The average molecular weight is 237 g/mol. The smallest absolute Gasteiger partial charge is 0.334 e. The molecule has 0 aliphatic heterocycles. The Labute approximate surface area is 98.7 Å². The number of benzene rings is 1. The van der Waals surface area contributed by atoms with Crippen LogP contribution >= 0.6 is 12.2 Å². The van der Waals surface area contributed by atoms with Gasteiger partial charge in [0.2, 0.25) is 0 Å². The van der Waals surface area contributed by atoms with Crippen LogP contribution in [0.3, 0.4) is 0 Å². The van der Waals surface area contributed by atoms with Crippen LogP contribution in [0.5, 0.6) is 0 Å². The fourth-order valence-electron chi connectivity index (χ4n) is 1.35. The zero-order valence-electron chi connectivity index (χ0n) is 9.57.